The minimum Gasteiger partial charge on any atom is -0.348 e. The van der Waals surface area contributed by atoms with Gasteiger partial charge in [0, 0.05) is 18.4 Å². The molecule has 4 aromatic rings. The van der Waals surface area contributed by atoms with Crippen molar-refractivity contribution in [1.82, 2.24) is 14.7 Å². The van der Waals surface area contributed by atoms with Crippen LogP contribution in [-0.4, -0.2) is 21.3 Å². The van der Waals surface area contributed by atoms with Gasteiger partial charge in [-0.3, -0.25) is 14.0 Å². The van der Waals surface area contributed by atoms with Crippen molar-refractivity contribution < 1.29 is 14.0 Å². The summed E-state index contributed by atoms with van der Waals surface area (Å²) in [7, 11) is 0. The van der Waals surface area contributed by atoms with Gasteiger partial charge >= 0.3 is 6.03 Å². The molecule has 0 aliphatic rings. The van der Waals surface area contributed by atoms with Crippen LogP contribution in [0.5, 0.6) is 0 Å². The first-order chi connectivity index (χ1) is 15.5. The summed E-state index contributed by atoms with van der Waals surface area (Å²) in [6.07, 6.45) is 2.67. The third-order valence-electron chi connectivity index (χ3n) is 4.62. The van der Waals surface area contributed by atoms with E-state index in [0.717, 1.165) is 5.56 Å². The molecule has 0 saturated heterocycles. The third kappa shape index (κ3) is 4.62. The topological polar surface area (TPSA) is 105 Å². The van der Waals surface area contributed by atoms with Gasteiger partial charge in [0.05, 0.1) is 11.8 Å². The van der Waals surface area contributed by atoms with E-state index in [1.54, 1.807) is 36.4 Å². The van der Waals surface area contributed by atoms with Gasteiger partial charge in [-0.1, -0.05) is 30.3 Å². The Kier molecular flexibility index (Phi) is 5.89. The number of carbonyl (C=O) groups excluding carboxylic acids is 2. The van der Waals surface area contributed by atoms with E-state index < -0.39 is 17.5 Å². The first kappa shape index (κ1) is 20.7. The monoisotopic (exact) mass is 431 g/mol. The first-order valence-corrected chi connectivity index (χ1v) is 9.67. The second kappa shape index (κ2) is 9.09. The largest absolute Gasteiger partial charge is 0.348 e. The number of halogens is 1. The highest BCUT2D eigenvalue weighted by Gasteiger charge is 2.15. The van der Waals surface area contributed by atoms with Crippen LogP contribution in [0, 0.1) is 5.82 Å². The van der Waals surface area contributed by atoms with Crippen LogP contribution in [-0.2, 0) is 6.54 Å². The lowest BCUT2D eigenvalue weighted by Gasteiger charge is -2.10. The highest BCUT2D eigenvalue weighted by Crippen LogP contribution is 2.11. The molecule has 3 N–H and O–H groups in total. The lowest BCUT2D eigenvalue weighted by molar-refractivity contribution is 0.0952. The van der Waals surface area contributed by atoms with E-state index in [4.69, 9.17) is 0 Å². The summed E-state index contributed by atoms with van der Waals surface area (Å²) >= 11 is 0. The van der Waals surface area contributed by atoms with Crippen molar-refractivity contribution in [3.63, 3.8) is 0 Å². The van der Waals surface area contributed by atoms with E-state index in [-0.39, 0.29) is 29.3 Å². The van der Waals surface area contributed by atoms with Crippen molar-refractivity contribution in [1.29, 1.82) is 0 Å². The molecule has 8 nitrogen and oxygen atoms in total. The van der Waals surface area contributed by atoms with E-state index >= 15 is 0 Å². The van der Waals surface area contributed by atoms with Crippen molar-refractivity contribution in [3.8, 4) is 0 Å². The summed E-state index contributed by atoms with van der Waals surface area (Å²) in [6.45, 7) is 0.184. The van der Waals surface area contributed by atoms with Crippen molar-refractivity contribution in [3.05, 3.63) is 106 Å². The lowest BCUT2D eigenvalue weighted by Crippen LogP contribution is -2.28. The van der Waals surface area contributed by atoms with Crippen LogP contribution in [0.25, 0.3) is 5.65 Å². The molecule has 160 valence electrons. The minimum absolute atomic E-state index is 0.0419. The molecule has 0 aliphatic carbocycles. The smallest absolute Gasteiger partial charge is 0.323 e. The average molecular weight is 431 g/mol. The zero-order valence-corrected chi connectivity index (χ0v) is 16.7. The molecular weight excluding hydrogens is 413 g/mol. The van der Waals surface area contributed by atoms with Crippen LogP contribution in [0.1, 0.15) is 15.9 Å². The van der Waals surface area contributed by atoms with E-state index in [0.29, 0.717) is 5.69 Å². The number of benzene rings is 2. The summed E-state index contributed by atoms with van der Waals surface area (Å²) in [6, 6.07) is 17.0. The van der Waals surface area contributed by atoms with Crippen molar-refractivity contribution >= 4 is 29.0 Å². The number of hydrogen-bond donors (Lipinski definition) is 3. The fourth-order valence-corrected chi connectivity index (χ4v) is 3.06. The molecule has 0 spiro atoms. The Morgan fingerprint density at radius 3 is 2.44 bits per heavy atom. The van der Waals surface area contributed by atoms with Crippen LogP contribution in [0.2, 0.25) is 0 Å². The van der Waals surface area contributed by atoms with E-state index in [9.17, 15) is 18.8 Å². The highest BCUT2D eigenvalue weighted by molar-refractivity contribution is 6.01. The number of hydrogen-bond acceptors (Lipinski definition) is 4. The van der Waals surface area contributed by atoms with E-state index in [1.165, 1.54) is 41.1 Å². The quantitative estimate of drug-likeness (QED) is 0.450. The number of urea groups is 1. The Bertz CT molecular complexity index is 1340. The Morgan fingerprint density at radius 1 is 0.938 bits per heavy atom. The number of anilines is 2. The Hall–Kier alpha value is -4.53. The minimum atomic E-state index is -0.594. The fraction of sp³-hybridized carbons (Fsp3) is 0.0435. The predicted octanol–water partition coefficient (Wildman–Crippen LogP) is 3.41. The van der Waals surface area contributed by atoms with Gasteiger partial charge in [0.2, 0.25) is 0 Å². The van der Waals surface area contributed by atoms with Gasteiger partial charge in [-0.2, -0.15) is 0 Å². The molecule has 3 amide bonds. The molecule has 9 heteroatoms. The number of rotatable bonds is 5. The molecule has 0 fully saturated rings. The van der Waals surface area contributed by atoms with Gasteiger partial charge in [0.15, 0.2) is 5.65 Å². The zero-order valence-electron chi connectivity index (χ0n) is 16.7. The Labute approximate surface area is 181 Å². The van der Waals surface area contributed by atoms with Crippen LogP contribution in [0.15, 0.2) is 83.9 Å². The zero-order chi connectivity index (χ0) is 22.5. The summed E-state index contributed by atoms with van der Waals surface area (Å²) < 4.78 is 14.2. The second-order valence-corrected chi connectivity index (χ2v) is 6.85. The molecule has 0 atom stereocenters. The van der Waals surface area contributed by atoms with E-state index in [2.05, 4.69) is 20.9 Å². The number of nitrogens with one attached hydrogen (secondary N) is 3. The van der Waals surface area contributed by atoms with Crippen molar-refractivity contribution in [2.45, 2.75) is 6.54 Å². The van der Waals surface area contributed by atoms with Crippen LogP contribution in [0.3, 0.4) is 0 Å². The molecule has 0 radical (unpaired) electrons. The number of aromatic nitrogens is 2. The molecule has 0 saturated carbocycles. The van der Waals surface area contributed by atoms with Gasteiger partial charge in [0.1, 0.15) is 11.5 Å². The molecular formula is C23H18FN5O3. The number of para-hydroxylation sites is 1. The summed E-state index contributed by atoms with van der Waals surface area (Å²) in [5.41, 5.74) is 1.04. The molecule has 0 aliphatic heterocycles. The van der Waals surface area contributed by atoms with Gasteiger partial charge in [0.25, 0.3) is 11.5 Å². The maximum atomic E-state index is 13.0. The van der Waals surface area contributed by atoms with Gasteiger partial charge < -0.3 is 16.0 Å². The standard InChI is InChI=1S/C23H18FN5O3/c24-16-10-8-15(9-11-16)13-26-21(30)18-7-4-12-29-20(18)25-14-19(22(29)31)28-23(32)27-17-5-2-1-3-6-17/h1-12,14H,13H2,(H,26,30)(H2,27,28,32). The van der Waals surface area contributed by atoms with E-state index in [1.807, 2.05) is 6.07 Å². The van der Waals surface area contributed by atoms with Crippen LogP contribution >= 0.6 is 0 Å². The van der Waals surface area contributed by atoms with Crippen molar-refractivity contribution in [2.75, 3.05) is 10.6 Å². The summed E-state index contributed by atoms with van der Waals surface area (Å²) in [5, 5.41) is 7.82. The second-order valence-electron chi connectivity index (χ2n) is 6.85. The molecule has 0 unspecified atom stereocenters. The fourth-order valence-electron chi connectivity index (χ4n) is 3.06. The maximum absolute atomic E-state index is 13.0. The molecule has 2 aromatic heterocycles. The first-order valence-electron chi connectivity index (χ1n) is 9.67. The van der Waals surface area contributed by atoms with Crippen molar-refractivity contribution in [2.24, 2.45) is 0 Å². The highest BCUT2D eigenvalue weighted by atomic mass is 19.1. The molecule has 0 bridgehead atoms. The lowest BCUT2D eigenvalue weighted by atomic mass is 10.2. The third-order valence-corrected chi connectivity index (χ3v) is 4.62. The maximum Gasteiger partial charge on any atom is 0.323 e. The van der Waals surface area contributed by atoms with Gasteiger partial charge in [-0.15, -0.1) is 0 Å². The molecule has 32 heavy (non-hydrogen) atoms. The normalized spacial score (nSPS) is 10.5. The number of amides is 3. The Balaban J connectivity index is 1.52. The Morgan fingerprint density at radius 2 is 1.69 bits per heavy atom. The van der Waals surface area contributed by atoms with Crippen LogP contribution < -0.4 is 21.5 Å². The predicted molar refractivity (Wildman–Crippen MR) is 118 cm³/mol. The summed E-state index contributed by atoms with van der Waals surface area (Å²) in [4.78, 5) is 41.9. The molecule has 4 rings (SSSR count). The number of fused-ring (bicyclic) bond motifs is 1. The number of pyridine rings is 1. The number of nitrogens with zero attached hydrogens (tertiary/aromatic N) is 2. The number of carbonyl (C=O) groups is 2. The molecule has 2 heterocycles. The van der Waals surface area contributed by atoms with Gasteiger partial charge in [-0.25, -0.2) is 14.2 Å². The average Bonchev–Trinajstić information content (AvgIpc) is 2.80. The van der Waals surface area contributed by atoms with Gasteiger partial charge in [-0.05, 0) is 42.0 Å². The van der Waals surface area contributed by atoms with Crippen LogP contribution in [0.4, 0.5) is 20.6 Å². The summed E-state index contributed by atoms with van der Waals surface area (Å²) in [5.74, 6) is -0.804. The molecule has 2 aromatic carbocycles. The SMILES string of the molecule is O=C(Nc1ccccc1)Nc1cnc2c(C(=O)NCc3ccc(F)cc3)cccn2c1=O.